The van der Waals surface area contributed by atoms with Crippen LogP contribution in [0.15, 0.2) is 11.8 Å². The number of hydrogen-bond donors (Lipinski definition) is 1. The number of hydrogen-bond acceptors (Lipinski definition) is 1. The van der Waals surface area contributed by atoms with Crippen molar-refractivity contribution in [2.24, 2.45) is 17.6 Å². The van der Waals surface area contributed by atoms with E-state index in [4.69, 9.17) is 5.73 Å². The van der Waals surface area contributed by atoms with Crippen LogP contribution >= 0.6 is 0 Å². The third-order valence-corrected chi connectivity index (χ3v) is 2.19. The molecule has 2 atom stereocenters. The lowest BCUT2D eigenvalue weighted by molar-refractivity contribution is -0.169. The number of rotatable bonds is 0. The Bertz CT molecular complexity index is 195. The minimum Gasteiger partial charge on any atom is -0.402 e. The van der Waals surface area contributed by atoms with Crippen LogP contribution in [0, 0.1) is 11.8 Å². The van der Waals surface area contributed by atoms with E-state index in [0.717, 1.165) is 0 Å². The van der Waals surface area contributed by atoms with Gasteiger partial charge in [0.25, 0.3) is 0 Å². The zero-order chi connectivity index (χ0) is 9.35. The number of allylic oxidation sites excluding steroid dienone is 2. The molecule has 1 rings (SSSR count). The molecule has 0 saturated carbocycles. The van der Waals surface area contributed by atoms with Crippen molar-refractivity contribution in [3.8, 4) is 0 Å². The summed E-state index contributed by atoms with van der Waals surface area (Å²) in [5.74, 6) is -1.33. The average Bonchev–Trinajstić information content (AvgIpc) is 1.92. The van der Waals surface area contributed by atoms with Crippen molar-refractivity contribution in [2.75, 3.05) is 0 Å². The minimum absolute atomic E-state index is 0.0133. The highest BCUT2D eigenvalue weighted by Crippen LogP contribution is 2.38. The second-order valence-electron chi connectivity index (χ2n) is 3.37. The van der Waals surface area contributed by atoms with Gasteiger partial charge in [0.2, 0.25) is 0 Å². The van der Waals surface area contributed by atoms with Gasteiger partial charge in [-0.05, 0) is 18.8 Å². The largest absolute Gasteiger partial charge is 0.402 e. The Labute approximate surface area is 69.4 Å². The summed E-state index contributed by atoms with van der Waals surface area (Å²) in [6.45, 7) is 1.81. The first-order valence-electron chi connectivity index (χ1n) is 3.93. The summed E-state index contributed by atoms with van der Waals surface area (Å²) in [5, 5.41) is 0. The summed E-state index contributed by atoms with van der Waals surface area (Å²) in [4.78, 5) is 0. The summed E-state index contributed by atoms with van der Waals surface area (Å²) < 4.78 is 36.7. The maximum Gasteiger partial charge on any atom is 0.397 e. The van der Waals surface area contributed by atoms with Crippen LogP contribution in [-0.2, 0) is 0 Å². The highest BCUT2D eigenvalue weighted by molar-refractivity contribution is 5.09. The van der Waals surface area contributed by atoms with Gasteiger partial charge in [-0.15, -0.1) is 0 Å². The molecule has 0 fully saturated rings. The Balaban J connectivity index is 2.77. The Morgan fingerprint density at radius 3 is 2.50 bits per heavy atom. The Morgan fingerprint density at radius 2 is 2.08 bits per heavy atom. The molecular formula is C8H12F3N. The Hall–Kier alpha value is -0.670. The van der Waals surface area contributed by atoms with Gasteiger partial charge in [-0.25, -0.2) is 0 Å². The van der Waals surface area contributed by atoms with Crippen molar-refractivity contribution >= 4 is 0 Å². The van der Waals surface area contributed by atoms with Gasteiger partial charge >= 0.3 is 6.18 Å². The van der Waals surface area contributed by atoms with Crippen molar-refractivity contribution < 1.29 is 13.2 Å². The van der Waals surface area contributed by atoms with Gasteiger partial charge in [-0.1, -0.05) is 13.0 Å². The highest BCUT2D eigenvalue weighted by Gasteiger charge is 2.42. The first kappa shape index (κ1) is 9.42. The van der Waals surface area contributed by atoms with E-state index in [2.05, 4.69) is 0 Å². The van der Waals surface area contributed by atoms with E-state index >= 15 is 0 Å². The van der Waals surface area contributed by atoms with Crippen LogP contribution in [0.5, 0.6) is 0 Å². The molecule has 1 aliphatic carbocycles. The van der Waals surface area contributed by atoms with Gasteiger partial charge in [0.05, 0.1) is 5.92 Å². The predicted octanol–water partition coefficient (Wildman–Crippen LogP) is 2.44. The topological polar surface area (TPSA) is 26.0 Å². The second-order valence-corrected chi connectivity index (χ2v) is 3.37. The normalized spacial score (nSPS) is 31.5. The molecule has 0 saturated heterocycles. The molecule has 0 aromatic rings. The van der Waals surface area contributed by atoms with Crippen LogP contribution < -0.4 is 5.73 Å². The van der Waals surface area contributed by atoms with Gasteiger partial charge in [-0.2, -0.15) is 13.2 Å². The molecule has 0 aliphatic heterocycles. The SMILES string of the molecule is CC1CC=C(N)C(C(F)(F)F)C1. The van der Waals surface area contributed by atoms with Gasteiger partial charge in [0.1, 0.15) is 0 Å². The fourth-order valence-electron chi connectivity index (χ4n) is 1.44. The third kappa shape index (κ3) is 1.93. The van der Waals surface area contributed by atoms with Gasteiger partial charge in [0.15, 0.2) is 0 Å². The molecular weight excluding hydrogens is 167 g/mol. The molecule has 70 valence electrons. The number of halogens is 3. The van der Waals surface area contributed by atoms with Crippen LogP contribution in [0.4, 0.5) is 13.2 Å². The first-order chi connectivity index (χ1) is 5.41. The molecule has 1 aliphatic rings. The summed E-state index contributed by atoms with van der Waals surface area (Å²) in [6.07, 6.45) is -1.88. The second kappa shape index (κ2) is 2.99. The van der Waals surface area contributed by atoms with E-state index in [1.165, 1.54) is 6.08 Å². The van der Waals surface area contributed by atoms with Crippen LogP contribution in [0.25, 0.3) is 0 Å². The zero-order valence-corrected chi connectivity index (χ0v) is 6.86. The predicted molar refractivity (Wildman–Crippen MR) is 40.2 cm³/mol. The monoisotopic (exact) mass is 179 g/mol. The van der Waals surface area contributed by atoms with Crippen molar-refractivity contribution in [2.45, 2.75) is 25.9 Å². The third-order valence-electron chi connectivity index (χ3n) is 2.19. The van der Waals surface area contributed by atoms with E-state index in [-0.39, 0.29) is 18.0 Å². The molecule has 1 nitrogen and oxygen atoms in total. The molecule has 0 heterocycles. The Kier molecular flexibility index (Phi) is 2.35. The van der Waals surface area contributed by atoms with Crippen LogP contribution in [0.3, 0.4) is 0 Å². The highest BCUT2D eigenvalue weighted by atomic mass is 19.4. The van der Waals surface area contributed by atoms with E-state index in [9.17, 15) is 13.2 Å². The van der Waals surface area contributed by atoms with Crippen molar-refractivity contribution in [1.29, 1.82) is 0 Å². The average molecular weight is 179 g/mol. The first-order valence-corrected chi connectivity index (χ1v) is 3.93. The van der Waals surface area contributed by atoms with Crippen LogP contribution in [0.1, 0.15) is 19.8 Å². The smallest absolute Gasteiger partial charge is 0.397 e. The summed E-state index contributed by atoms with van der Waals surface area (Å²) in [6, 6.07) is 0. The minimum atomic E-state index is -4.17. The molecule has 4 heteroatoms. The molecule has 0 aromatic carbocycles. The van der Waals surface area contributed by atoms with E-state index in [1.54, 1.807) is 0 Å². The Morgan fingerprint density at radius 1 is 1.50 bits per heavy atom. The fraction of sp³-hybridized carbons (Fsp3) is 0.750. The van der Waals surface area contributed by atoms with Gasteiger partial charge < -0.3 is 5.73 Å². The van der Waals surface area contributed by atoms with E-state index < -0.39 is 12.1 Å². The molecule has 2 N–H and O–H groups in total. The lowest BCUT2D eigenvalue weighted by atomic mass is 9.85. The van der Waals surface area contributed by atoms with Crippen molar-refractivity contribution in [3.05, 3.63) is 11.8 Å². The zero-order valence-electron chi connectivity index (χ0n) is 6.86. The maximum absolute atomic E-state index is 12.2. The van der Waals surface area contributed by atoms with E-state index in [1.807, 2.05) is 6.92 Å². The summed E-state index contributed by atoms with van der Waals surface area (Å²) in [5.41, 5.74) is 5.26. The quantitative estimate of drug-likeness (QED) is 0.607. The standard InChI is InChI=1S/C8H12F3N/c1-5-2-3-7(12)6(4-5)8(9,10)11/h3,5-6H,2,4,12H2,1H3. The van der Waals surface area contributed by atoms with Gasteiger partial charge in [0, 0.05) is 5.70 Å². The molecule has 0 spiro atoms. The molecule has 12 heavy (non-hydrogen) atoms. The number of alkyl halides is 3. The van der Waals surface area contributed by atoms with Crippen molar-refractivity contribution in [3.63, 3.8) is 0 Å². The fourth-order valence-corrected chi connectivity index (χ4v) is 1.44. The maximum atomic E-state index is 12.2. The molecule has 2 unspecified atom stereocenters. The number of nitrogens with two attached hydrogens (primary N) is 1. The molecule has 0 radical (unpaired) electrons. The molecule has 0 bridgehead atoms. The van der Waals surface area contributed by atoms with Crippen LogP contribution in [0.2, 0.25) is 0 Å². The van der Waals surface area contributed by atoms with E-state index in [0.29, 0.717) is 6.42 Å². The van der Waals surface area contributed by atoms with Crippen molar-refractivity contribution in [1.82, 2.24) is 0 Å². The lowest BCUT2D eigenvalue weighted by Gasteiger charge is -2.27. The molecule has 0 amide bonds. The van der Waals surface area contributed by atoms with Crippen LogP contribution in [-0.4, -0.2) is 6.18 Å². The summed E-state index contributed by atoms with van der Waals surface area (Å²) >= 11 is 0. The van der Waals surface area contributed by atoms with Gasteiger partial charge in [-0.3, -0.25) is 0 Å². The summed E-state index contributed by atoms with van der Waals surface area (Å²) in [7, 11) is 0. The lowest BCUT2D eigenvalue weighted by Crippen LogP contribution is -2.32. The molecule has 0 aromatic heterocycles.